The molecule has 0 N–H and O–H groups in total. The number of esters is 2. The Kier molecular flexibility index (Phi) is 8.97. The molecule has 0 saturated carbocycles. The van der Waals surface area contributed by atoms with E-state index in [0.717, 1.165) is 25.3 Å². The highest BCUT2D eigenvalue weighted by Gasteiger charge is 1.99. The molecule has 0 aromatic rings. The van der Waals surface area contributed by atoms with Crippen LogP contribution in [0.3, 0.4) is 0 Å². The Labute approximate surface area is 95.9 Å². The first kappa shape index (κ1) is 14.4. The second-order valence-corrected chi connectivity index (χ2v) is 3.15. The highest BCUT2D eigenvalue weighted by atomic mass is 16.5. The average molecular weight is 226 g/mol. The molecule has 0 atom stereocenters. The van der Waals surface area contributed by atoms with Crippen molar-refractivity contribution in [3.8, 4) is 0 Å². The van der Waals surface area contributed by atoms with Crippen molar-refractivity contribution in [1.29, 1.82) is 0 Å². The third-order valence-electron chi connectivity index (χ3n) is 1.77. The van der Waals surface area contributed by atoms with Crippen LogP contribution in [0.4, 0.5) is 0 Å². The molecule has 16 heavy (non-hydrogen) atoms. The molecule has 0 saturated heterocycles. The van der Waals surface area contributed by atoms with Crippen LogP contribution >= 0.6 is 0 Å². The Morgan fingerprint density at radius 2 is 2.06 bits per heavy atom. The van der Waals surface area contributed by atoms with Crippen LogP contribution in [0.5, 0.6) is 0 Å². The van der Waals surface area contributed by atoms with Crippen LogP contribution in [-0.4, -0.2) is 18.5 Å². The largest absolute Gasteiger partial charge is 0.458 e. The van der Waals surface area contributed by atoms with E-state index in [-0.39, 0.29) is 12.6 Å². The van der Waals surface area contributed by atoms with Crippen molar-refractivity contribution in [3.05, 3.63) is 25.0 Å². The van der Waals surface area contributed by atoms with Crippen molar-refractivity contribution in [2.45, 2.75) is 32.6 Å². The summed E-state index contributed by atoms with van der Waals surface area (Å²) >= 11 is 0. The Balaban J connectivity index is 3.48. The third-order valence-corrected chi connectivity index (χ3v) is 1.77. The molecular formula is C12H18O4. The number of carbonyl (C=O) groups excluding carboxylic acids is 2. The highest BCUT2D eigenvalue weighted by Crippen LogP contribution is 2.00. The van der Waals surface area contributed by atoms with E-state index in [1.807, 2.05) is 0 Å². The summed E-state index contributed by atoms with van der Waals surface area (Å²) in [6.07, 6.45) is 7.13. The lowest BCUT2D eigenvalue weighted by molar-refractivity contribution is -0.138. The minimum absolute atomic E-state index is 0.0765. The topological polar surface area (TPSA) is 52.6 Å². The Bertz CT molecular complexity index is 256. The summed E-state index contributed by atoms with van der Waals surface area (Å²) < 4.78 is 9.40. The highest BCUT2D eigenvalue weighted by molar-refractivity contribution is 5.81. The maximum atomic E-state index is 11.1. The zero-order valence-electron chi connectivity index (χ0n) is 9.61. The second-order valence-electron chi connectivity index (χ2n) is 3.15. The Morgan fingerprint density at radius 1 is 1.31 bits per heavy atom. The lowest BCUT2D eigenvalue weighted by Gasteiger charge is -1.98. The van der Waals surface area contributed by atoms with Gasteiger partial charge in [0.1, 0.15) is 6.61 Å². The van der Waals surface area contributed by atoms with Gasteiger partial charge in [0.2, 0.25) is 0 Å². The van der Waals surface area contributed by atoms with Crippen molar-refractivity contribution < 1.29 is 19.1 Å². The van der Waals surface area contributed by atoms with E-state index in [1.165, 1.54) is 12.3 Å². The molecule has 0 heterocycles. The molecule has 0 spiro atoms. The quantitative estimate of drug-likeness (QED) is 0.276. The van der Waals surface area contributed by atoms with Crippen LogP contribution in [0.1, 0.15) is 32.6 Å². The van der Waals surface area contributed by atoms with E-state index < -0.39 is 5.97 Å². The lowest BCUT2D eigenvalue weighted by atomic mass is 10.2. The Hall–Kier alpha value is -1.58. The number of unbranched alkanes of at least 4 members (excludes halogenated alkanes) is 2. The minimum Gasteiger partial charge on any atom is -0.458 e. The molecule has 0 amide bonds. The predicted octanol–water partition coefficient (Wildman–Crippen LogP) is 2.35. The van der Waals surface area contributed by atoms with Gasteiger partial charge in [-0.1, -0.05) is 26.3 Å². The molecule has 0 fully saturated rings. The molecule has 0 aromatic heterocycles. The van der Waals surface area contributed by atoms with E-state index in [4.69, 9.17) is 4.74 Å². The first-order chi connectivity index (χ1) is 7.70. The van der Waals surface area contributed by atoms with E-state index in [2.05, 4.69) is 18.2 Å². The number of carbonyl (C=O) groups is 2. The van der Waals surface area contributed by atoms with Crippen LogP contribution in [0.15, 0.2) is 25.0 Å². The fraction of sp³-hybridized carbons (Fsp3) is 0.500. The minimum atomic E-state index is -0.501. The summed E-state index contributed by atoms with van der Waals surface area (Å²) in [5.41, 5.74) is 0. The van der Waals surface area contributed by atoms with Gasteiger partial charge in [0.15, 0.2) is 0 Å². The zero-order chi connectivity index (χ0) is 12.2. The molecule has 0 bridgehead atoms. The van der Waals surface area contributed by atoms with Gasteiger partial charge in [-0.05, 0) is 12.5 Å². The van der Waals surface area contributed by atoms with Gasteiger partial charge in [-0.15, -0.1) is 0 Å². The summed E-state index contributed by atoms with van der Waals surface area (Å²) in [5, 5.41) is 0. The number of rotatable bonds is 8. The number of hydrogen-bond donors (Lipinski definition) is 0. The zero-order valence-corrected chi connectivity index (χ0v) is 9.61. The molecule has 0 aromatic carbocycles. The van der Waals surface area contributed by atoms with Gasteiger partial charge in [-0.2, -0.15) is 0 Å². The Morgan fingerprint density at radius 3 is 2.69 bits per heavy atom. The van der Waals surface area contributed by atoms with Crippen LogP contribution in [-0.2, 0) is 19.1 Å². The standard InChI is InChI=1S/C12H18O4/c1-3-5-6-8-12(14)16-10-7-9-15-11(13)4-2/h4,7,10H,2-3,5-6,8-9H2,1H3. The van der Waals surface area contributed by atoms with Gasteiger partial charge < -0.3 is 9.47 Å². The summed E-state index contributed by atoms with van der Waals surface area (Å²) in [6, 6.07) is 0. The molecule has 0 aliphatic carbocycles. The predicted molar refractivity (Wildman–Crippen MR) is 60.5 cm³/mol. The molecule has 90 valence electrons. The van der Waals surface area contributed by atoms with Gasteiger partial charge in [0.05, 0.1) is 6.26 Å². The first-order valence-electron chi connectivity index (χ1n) is 5.34. The fourth-order valence-electron chi connectivity index (χ4n) is 0.931. The molecule has 0 rings (SSSR count). The summed E-state index contributed by atoms with van der Waals surface area (Å²) in [5.74, 6) is -0.765. The van der Waals surface area contributed by atoms with Crippen LogP contribution in [0.25, 0.3) is 0 Å². The smallest absolute Gasteiger partial charge is 0.330 e. The SMILES string of the molecule is C=CC(=O)OCC=COC(=O)CCCCC. The van der Waals surface area contributed by atoms with Crippen molar-refractivity contribution in [2.24, 2.45) is 0 Å². The molecular weight excluding hydrogens is 208 g/mol. The van der Waals surface area contributed by atoms with Crippen LogP contribution in [0.2, 0.25) is 0 Å². The lowest BCUT2D eigenvalue weighted by Crippen LogP contribution is -2.01. The van der Waals surface area contributed by atoms with E-state index in [0.29, 0.717) is 6.42 Å². The molecule has 0 aliphatic rings. The maximum absolute atomic E-state index is 11.1. The third kappa shape index (κ3) is 8.99. The average Bonchev–Trinajstić information content (AvgIpc) is 2.28. The second kappa shape index (κ2) is 9.96. The van der Waals surface area contributed by atoms with Crippen molar-refractivity contribution in [3.63, 3.8) is 0 Å². The number of hydrogen-bond acceptors (Lipinski definition) is 4. The molecule has 0 unspecified atom stereocenters. The van der Waals surface area contributed by atoms with Crippen molar-refractivity contribution in [1.82, 2.24) is 0 Å². The molecule has 0 aliphatic heterocycles. The number of ether oxygens (including phenoxy) is 2. The van der Waals surface area contributed by atoms with Gasteiger partial charge in [-0.3, -0.25) is 4.79 Å². The molecule has 0 radical (unpaired) electrons. The summed E-state index contributed by atoms with van der Waals surface area (Å²) in [7, 11) is 0. The molecule has 4 nitrogen and oxygen atoms in total. The normalized spacial score (nSPS) is 10.1. The summed E-state index contributed by atoms with van der Waals surface area (Å²) in [4.78, 5) is 21.7. The maximum Gasteiger partial charge on any atom is 0.330 e. The van der Waals surface area contributed by atoms with Crippen LogP contribution < -0.4 is 0 Å². The van der Waals surface area contributed by atoms with E-state index in [1.54, 1.807) is 0 Å². The van der Waals surface area contributed by atoms with E-state index in [9.17, 15) is 9.59 Å². The monoisotopic (exact) mass is 226 g/mol. The van der Waals surface area contributed by atoms with Gasteiger partial charge in [-0.25, -0.2) is 4.79 Å². The van der Waals surface area contributed by atoms with Crippen molar-refractivity contribution in [2.75, 3.05) is 6.61 Å². The van der Waals surface area contributed by atoms with Crippen molar-refractivity contribution >= 4 is 11.9 Å². The van der Waals surface area contributed by atoms with Gasteiger partial charge in [0.25, 0.3) is 0 Å². The van der Waals surface area contributed by atoms with Gasteiger partial charge in [0, 0.05) is 12.5 Å². The first-order valence-corrected chi connectivity index (χ1v) is 5.34. The fourth-order valence-corrected chi connectivity index (χ4v) is 0.931. The van der Waals surface area contributed by atoms with Gasteiger partial charge >= 0.3 is 11.9 Å². The van der Waals surface area contributed by atoms with E-state index >= 15 is 0 Å². The van der Waals surface area contributed by atoms with Crippen LogP contribution in [0, 0.1) is 0 Å². The summed E-state index contributed by atoms with van der Waals surface area (Å²) in [6.45, 7) is 5.39. The molecule has 4 heteroatoms.